The fourth-order valence-electron chi connectivity index (χ4n) is 3.21. The summed E-state index contributed by atoms with van der Waals surface area (Å²) in [6.07, 6.45) is 5.94. The predicted molar refractivity (Wildman–Crippen MR) is 92.7 cm³/mol. The first-order valence-corrected chi connectivity index (χ1v) is 8.39. The number of carbonyl (C=O) groups excluding carboxylic acids is 2. The molecule has 1 aliphatic carbocycles. The van der Waals surface area contributed by atoms with E-state index in [1.54, 1.807) is 25.2 Å². The van der Waals surface area contributed by atoms with E-state index in [0.29, 0.717) is 29.2 Å². The van der Waals surface area contributed by atoms with E-state index in [-0.39, 0.29) is 17.2 Å². The molecule has 5 nitrogen and oxygen atoms in total. The molecule has 1 aliphatic rings. The molecule has 0 radical (unpaired) electrons. The van der Waals surface area contributed by atoms with Crippen molar-refractivity contribution in [2.45, 2.75) is 38.5 Å². The number of amides is 2. The summed E-state index contributed by atoms with van der Waals surface area (Å²) < 4.78 is 0. The third kappa shape index (κ3) is 4.45. The molecular formula is C17H24ClN3O2. The highest BCUT2D eigenvalue weighted by Crippen LogP contribution is 2.38. The van der Waals surface area contributed by atoms with Crippen molar-refractivity contribution < 1.29 is 9.59 Å². The van der Waals surface area contributed by atoms with Crippen molar-refractivity contribution in [1.29, 1.82) is 0 Å². The van der Waals surface area contributed by atoms with Crippen molar-refractivity contribution in [2.75, 3.05) is 18.9 Å². The molecule has 0 spiro atoms. The third-order valence-electron chi connectivity index (χ3n) is 4.61. The molecule has 1 aromatic carbocycles. The number of rotatable bonds is 5. The second kappa shape index (κ2) is 7.79. The van der Waals surface area contributed by atoms with Gasteiger partial charge in [0.2, 0.25) is 5.91 Å². The minimum absolute atomic E-state index is 0.0545. The van der Waals surface area contributed by atoms with Crippen LogP contribution in [0.25, 0.3) is 0 Å². The Hall–Kier alpha value is -1.59. The van der Waals surface area contributed by atoms with E-state index in [2.05, 4.69) is 10.6 Å². The van der Waals surface area contributed by atoms with Crippen LogP contribution >= 0.6 is 11.6 Å². The van der Waals surface area contributed by atoms with E-state index in [9.17, 15) is 9.59 Å². The molecule has 0 heterocycles. The highest BCUT2D eigenvalue weighted by Gasteiger charge is 2.32. The summed E-state index contributed by atoms with van der Waals surface area (Å²) in [4.78, 5) is 24.0. The number of nitrogens with two attached hydrogens (primary N) is 1. The normalized spacial score (nSPS) is 16.7. The summed E-state index contributed by atoms with van der Waals surface area (Å²) in [5.74, 6) is -0.307. The van der Waals surface area contributed by atoms with Gasteiger partial charge in [-0.2, -0.15) is 0 Å². The summed E-state index contributed by atoms with van der Waals surface area (Å²) in [6, 6.07) is 4.89. The minimum atomic E-state index is -0.253. The van der Waals surface area contributed by atoms with Gasteiger partial charge in [-0.1, -0.05) is 30.9 Å². The van der Waals surface area contributed by atoms with Gasteiger partial charge in [0, 0.05) is 19.2 Å². The molecule has 0 atom stereocenters. The lowest BCUT2D eigenvalue weighted by atomic mass is 9.71. The van der Waals surface area contributed by atoms with E-state index in [0.717, 1.165) is 25.7 Å². The highest BCUT2D eigenvalue weighted by molar-refractivity contribution is 6.34. The molecule has 4 N–H and O–H groups in total. The number of halogens is 1. The molecule has 23 heavy (non-hydrogen) atoms. The molecule has 0 bridgehead atoms. The van der Waals surface area contributed by atoms with E-state index >= 15 is 0 Å². The Balaban J connectivity index is 2.02. The molecule has 0 aliphatic heterocycles. The maximum atomic E-state index is 12.3. The van der Waals surface area contributed by atoms with Crippen LogP contribution < -0.4 is 16.4 Å². The molecule has 1 saturated carbocycles. The highest BCUT2D eigenvalue weighted by atomic mass is 35.5. The smallest absolute Gasteiger partial charge is 0.252 e. The standard InChI is InChI=1S/C17H24ClN3O2/c1-20-16(23)13-6-5-12(9-14(13)18)21-15(22)10-17(11-19)7-3-2-4-8-17/h5-6,9H,2-4,7-8,10-11,19H2,1H3,(H,20,23)(H,21,22). The number of hydrogen-bond donors (Lipinski definition) is 3. The maximum Gasteiger partial charge on any atom is 0.252 e. The SMILES string of the molecule is CNC(=O)c1ccc(NC(=O)CC2(CN)CCCCC2)cc1Cl. The van der Waals surface area contributed by atoms with Gasteiger partial charge in [-0.15, -0.1) is 0 Å². The summed E-state index contributed by atoms with van der Waals surface area (Å²) >= 11 is 6.10. The fraction of sp³-hybridized carbons (Fsp3) is 0.529. The average Bonchev–Trinajstić information content (AvgIpc) is 2.55. The third-order valence-corrected chi connectivity index (χ3v) is 4.92. The van der Waals surface area contributed by atoms with Crippen molar-refractivity contribution in [1.82, 2.24) is 5.32 Å². The molecule has 1 aromatic rings. The van der Waals surface area contributed by atoms with Crippen molar-refractivity contribution in [3.8, 4) is 0 Å². The second-order valence-corrected chi connectivity index (χ2v) is 6.67. The van der Waals surface area contributed by atoms with Gasteiger partial charge in [0.25, 0.3) is 5.91 Å². The lowest BCUT2D eigenvalue weighted by molar-refractivity contribution is -0.118. The zero-order chi connectivity index (χ0) is 16.9. The van der Waals surface area contributed by atoms with Crippen molar-refractivity contribution in [3.63, 3.8) is 0 Å². The van der Waals surface area contributed by atoms with E-state index in [1.807, 2.05) is 0 Å². The summed E-state index contributed by atoms with van der Waals surface area (Å²) in [7, 11) is 1.55. The van der Waals surface area contributed by atoms with Gasteiger partial charge in [-0.05, 0) is 43.0 Å². The molecule has 0 aromatic heterocycles. The van der Waals surface area contributed by atoms with E-state index < -0.39 is 0 Å². The van der Waals surface area contributed by atoms with Gasteiger partial charge in [0.1, 0.15) is 0 Å². The minimum Gasteiger partial charge on any atom is -0.355 e. The summed E-state index contributed by atoms with van der Waals surface area (Å²) in [5, 5.41) is 5.70. The number of benzene rings is 1. The van der Waals surface area contributed by atoms with Crippen molar-refractivity contribution in [3.05, 3.63) is 28.8 Å². The molecule has 2 rings (SSSR count). The molecule has 0 unspecified atom stereocenters. The molecular weight excluding hydrogens is 314 g/mol. The number of nitrogens with one attached hydrogen (secondary N) is 2. The Morgan fingerprint density at radius 1 is 1.26 bits per heavy atom. The van der Waals surface area contributed by atoms with Crippen LogP contribution in [0.2, 0.25) is 5.02 Å². The quantitative estimate of drug-likeness (QED) is 0.772. The van der Waals surface area contributed by atoms with Crippen LogP contribution in [-0.2, 0) is 4.79 Å². The molecule has 0 saturated heterocycles. The van der Waals surface area contributed by atoms with Crippen LogP contribution in [0.1, 0.15) is 48.9 Å². The van der Waals surface area contributed by atoms with Gasteiger partial charge in [0.15, 0.2) is 0 Å². The maximum absolute atomic E-state index is 12.3. The van der Waals surface area contributed by atoms with Gasteiger partial charge in [-0.25, -0.2) is 0 Å². The van der Waals surface area contributed by atoms with Gasteiger partial charge in [0.05, 0.1) is 10.6 Å². The second-order valence-electron chi connectivity index (χ2n) is 6.26. The number of anilines is 1. The van der Waals surface area contributed by atoms with Crippen molar-refractivity contribution >= 4 is 29.1 Å². The molecule has 2 amide bonds. The molecule has 6 heteroatoms. The summed E-state index contributed by atoms with van der Waals surface area (Å²) in [5.41, 5.74) is 6.83. The zero-order valence-corrected chi connectivity index (χ0v) is 14.2. The Labute approximate surface area is 142 Å². The largest absolute Gasteiger partial charge is 0.355 e. The summed E-state index contributed by atoms with van der Waals surface area (Å²) in [6.45, 7) is 0.538. The first-order chi connectivity index (χ1) is 11.0. The predicted octanol–water partition coefficient (Wildman–Crippen LogP) is 2.94. The monoisotopic (exact) mass is 337 g/mol. The van der Waals surface area contributed by atoms with Crippen LogP contribution in [0.4, 0.5) is 5.69 Å². The van der Waals surface area contributed by atoms with Crippen LogP contribution in [-0.4, -0.2) is 25.4 Å². The zero-order valence-electron chi connectivity index (χ0n) is 13.5. The fourth-order valence-corrected chi connectivity index (χ4v) is 3.48. The number of hydrogen-bond acceptors (Lipinski definition) is 3. The molecule has 126 valence electrons. The Kier molecular flexibility index (Phi) is 6.02. The Morgan fingerprint density at radius 2 is 1.96 bits per heavy atom. The Bertz CT molecular complexity index is 583. The molecule has 1 fully saturated rings. The lowest BCUT2D eigenvalue weighted by Crippen LogP contribution is -2.36. The van der Waals surface area contributed by atoms with Gasteiger partial charge in [-0.3, -0.25) is 9.59 Å². The van der Waals surface area contributed by atoms with Crippen LogP contribution in [0.5, 0.6) is 0 Å². The average molecular weight is 338 g/mol. The van der Waals surface area contributed by atoms with Crippen LogP contribution in [0, 0.1) is 5.41 Å². The van der Waals surface area contributed by atoms with Crippen LogP contribution in [0.3, 0.4) is 0 Å². The lowest BCUT2D eigenvalue weighted by Gasteiger charge is -2.35. The van der Waals surface area contributed by atoms with Gasteiger partial charge >= 0.3 is 0 Å². The van der Waals surface area contributed by atoms with E-state index in [4.69, 9.17) is 17.3 Å². The Morgan fingerprint density at radius 3 is 2.52 bits per heavy atom. The topological polar surface area (TPSA) is 84.2 Å². The first kappa shape index (κ1) is 17.8. The number of carbonyl (C=O) groups is 2. The van der Waals surface area contributed by atoms with Crippen LogP contribution in [0.15, 0.2) is 18.2 Å². The van der Waals surface area contributed by atoms with Gasteiger partial charge < -0.3 is 16.4 Å². The van der Waals surface area contributed by atoms with E-state index in [1.165, 1.54) is 6.42 Å². The first-order valence-electron chi connectivity index (χ1n) is 8.01. The van der Waals surface area contributed by atoms with Crippen molar-refractivity contribution in [2.24, 2.45) is 11.1 Å².